The molecule has 7 heteroatoms. The van der Waals surface area contributed by atoms with Crippen LogP contribution in [0.25, 0.3) is 0 Å². The molecule has 2 saturated heterocycles. The minimum Gasteiger partial charge on any atom is -0.494 e. The number of carbonyl (C=O) groups is 3. The quantitative estimate of drug-likeness (QED) is 0.744. The molecule has 1 atom stereocenters. The van der Waals surface area contributed by atoms with Crippen LogP contribution in [0.1, 0.15) is 23.7 Å². The number of piperazine rings is 1. The molecule has 3 amide bonds. The van der Waals surface area contributed by atoms with Gasteiger partial charge < -0.3 is 19.4 Å². The highest BCUT2D eigenvalue weighted by atomic mass is 16.5. The number of benzene rings is 2. The molecule has 7 nitrogen and oxygen atoms in total. The van der Waals surface area contributed by atoms with Gasteiger partial charge in [0.25, 0.3) is 5.91 Å². The van der Waals surface area contributed by atoms with E-state index >= 15 is 0 Å². The average Bonchev–Trinajstić information content (AvgIpc) is 3.21. The molecule has 0 N–H and O–H groups in total. The van der Waals surface area contributed by atoms with E-state index in [0.29, 0.717) is 44.9 Å². The standard InChI is InChI=1S/C24H27N3O4/c1-2-31-21-10-8-20(9-11-21)27-17-19(16-22(27)28)24(30)26-14-12-25(13-15-26)23(29)18-6-4-3-5-7-18/h3-11,19H,2,12-17H2,1H3. The van der Waals surface area contributed by atoms with Crippen LogP contribution in [0.4, 0.5) is 5.69 Å². The van der Waals surface area contributed by atoms with Gasteiger partial charge in [-0.3, -0.25) is 14.4 Å². The molecular formula is C24H27N3O4. The molecule has 0 aliphatic carbocycles. The molecule has 0 radical (unpaired) electrons. The number of amides is 3. The first-order valence-corrected chi connectivity index (χ1v) is 10.7. The Morgan fingerprint density at radius 3 is 2.23 bits per heavy atom. The Morgan fingerprint density at radius 1 is 0.935 bits per heavy atom. The number of anilines is 1. The highest BCUT2D eigenvalue weighted by Gasteiger charge is 2.38. The third-order valence-corrected chi connectivity index (χ3v) is 5.83. The monoisotopic (exact) mass is 421 g/mol. The molecule has 0 bridgehead atoms. The molecule has 162 valence electrons. The van der Waals surface area contributed by atoms with Crippen molar-refractivity contribution in [2.24, 2.45) is 5.92 Å². The molecular weight excluding hydrogens is 394 g/mol. The van der Waals surface area contributed by atoms with Crippen molar-refractivity contribution in [2.45, 2.75) is 13.3 Å². The zero-order chi connectivity index (χ0) is 21.8. The van der Waals surface area contributed by atoms with Crippen LogP contribution in [0.2, 0.25) is 0 Å². The summed E-state index contributed by atoms with van der Waals surface area (Å²) < 4.78 is 5.45. The Bertz CT molecular complexity index is 937. The lowest BCUT2D eigenvalue weighted by atomic mass is 10.1. The van der Waals surface area contributed by atoms with Crippen LogP contribution in [0.5, 0.6) is 5.75 Å². The van der Waals surface area contributed by atoms with Crippen molar-refractivity contribution >= 4 is 23.4 Å². The summed E-state index contributed by atoms with van der Waals surface area (Å²) >= 11 is 0. The van der Waals surface area contributed by atoms with Crippen molar-refractivity contribution in [3.05, 3.63) is 60.2 Å². The lowest BCUT2D eigenvalue weighted by Crippen LogP contribution is -2.52. The van der Waals surface area contributed by atoms with Gasteiger partial charge in [0, 0.05) is 50.4 Å². The minimum absolute atomic E-state index is 0.00593. The fourth-order valence-electron chi connectivity index (χ4n) is 4.16. The van der Waals surface area contributed by atoms with E-state index in [4.69, 9.17) is 4.74 Å². The maximum absolute atomic E-state index is 13.0. The second kappa shape index (κ2) is 9.20. The van der Waals surface area contributed by atoms with Gasteiger partial charge in [-0.1, -0.05) is 18.2 Å². The van der Waals surface area contributed by atoms with Gasteiger partial charge in [0.2, 0.25) is 11.8 Å². The summed E-state index contributed by atoms with van der Waals surface area (Å²) in [5.41, 5.74) is 1.44. The van der Waals surface area contributed by atoms with Crippen molar-refractivity contribution in [3.8, 4) is 5.75 Å². The van der Waals surface area contributed by atoms with E-state index in [0.717, 1.165) is 11.4 Å². The van der Waals surface area contributed by atoms with E-state index in [1.165, 1.54) is 0 Å². The highest BCUT2D eigenvalue weighted by molar-refractivity contribution is 6.00. The topological polar surface area (TPSA) is 70.2 Å². The summed E-state index contributed by atoms with van der Waals surface area (Å²) in [5, 5.41) is 0. The van der Waals surface area contributed by atoms with E-state index < -0.39 is 0 Å². The van der Waals surface area contributed by atoms with Crippen LogP contribution in [0.15, 0.2) is 54.6 Å². The van der Waals surface area contributed by atoms with Gasteiger partial charge in [-0.05, 0) is 43.3 Å². The largest absolute Gasteiger partial charge is 0.494 e. The SMILES string of the molecule is CCOc1ccc(N2CC(C(=O)N3CCN(C(=O)c4ccccc4)CC3)CC2=O)cc1. The van der Waals surface area contributed by atoms with Gasteiger partial charge in [0.15, 0.2) is 0 Å². The Balaban J connectivity index is 1.33. The van der Waals surface area contributed by atoms with Crippen LogP contribution in [-0.2, 0) is 9.59 Å². The highest BCUT2D eigenvalue weighted by Crippen LogP contribution is 2.28. The van der Waals surface area contributed by atoms with Crippen LogP contribution >= 0.6 is 0 Å². The fourth-order valence-corrected chi connectivity index (χ4v) is 4.16. The first-order chi connectivity index (χ1) is 15.1. The van der Waals surface area contributed by atoms with Gasteiger partial charge in [0.1, 0.15) is 5.75 Å². The predicted molar refractivity (Wildman–Crippen MR) is 117 cm³/mol. The molecule has 1 unspecified atom stereocenters. The Labute approximate surface area is 182 Å². The second-order valence-corrected chi connectivity index (χ2v) is 7.82. The molecule has 2 aromatic rings. The summed E-state index contributed by atoms with van der Waals surface area (Å²) in [5.74, 6) is 0.350. The fraction of sp³-hybridized carbons (Fsp3) is 0.375. The van der Waals surface area contributed by atoms with Gasteiger partial charge >= 0.3 is 0 Å². The van der Waals surface area contributed by atoms with Crippen LogP contribution < -0.4 is 9.64 Å². The average molecular weight is 421 g/mol. The smallest absolute Gasteiger partial charge is 0.253 e. The van der Waals surface area contributed by atoms with Crippen molar-refractivity contribution < 1.29 is 19.1 Å². The second-order valence-electron chi connectivity index (χ2n) is 7.82. The summed E-state index contributed by atoms with van der Waals surface area (Å²) in [4.78, 5) is 43.4. The van der Waals surface area contributed by atoms with E-state index in [1.54, 1.807) is 26.8 Å². The Morgan fingerprint density at radius 2 is 1.58 bits per heavy atom. The number of nitrogens with zero attached hydrogens (tertiary/aromatic N) is 3. The molecule has 0 saturated carbocycles. The maximum atomic E-state index is 13.0. The van der Waals surface area contributed by atoms with Crippen molar-refractivity contribution in [1.82, 2.24) is 9.80 Å². The Hall–Kier alpha value is -3.35. The molecule has 2 aliphatic rings. The Kier molecular flexibility index (Phi) is 6.21. The van der Waals surface area contributed by atoms with Crippen molar-refractivity contribution in [3.63, 3.8) is 0 Å². The molecule has 2 aromatic carbocycles. The van der Waals surface area contributed by atoms with Gasteiger partial charge in [0.05, 0.1) is 12.5 Å². The molecule has 0 aromatic heterocycles. The van der Waals surface area contributed by atoms with Gasteiger partial charge in [-0.25, -0.2) is 0 Å². The zero-order valence-corrected chi connectivity index (χ0v) is 17.7. The molecule has 31 heavy (non-hydrogen) atoms. The minimum atomic E-state index is -0.351. The van der Waals surface area contributed by atoms with E-state index in [2.05, 4.69) is 0 Å². The zero-order valence-electron chi connectivity index (χ0n) is 17.7. The molecule has 4 rings (SSSR count). The number of hydrogen-bond donors (Lipinski definition) is 0. The van der Waals surface area contributed by atoms with Gasteiger partial charge in [-0.2, -0.15) is 0 Å². The summed E-state index contributed by atoms with van der Waals surface area (Å²) in [6.45, 7) is 4.88. The molecule has 2 fully saturated rings. The number of rotatable bonds is 5. The third-order valence-electron chi connectivity index (χ3n) is 5.83. The third kappa shape index (κ3) is 4.55. The van der Waals surface area contributed by atoms with Crippen LogP contribution in [-0.4, -0.2) is 66.9 Å². The van der Waals surface area contributed by atoms with E-state index in [9.17, 15) is 14.4 Å². The van der Waals surface area contributed by atoms with Crippen molar-refractivity contribution in [1.29, 1.82) is 0 Å². The summed E-state index contributed by atoms with van der Waals surface area (Å²) in [6, 6.07) is 16.6. The number of carbonyl (C=O) groups excluding carboxylic acids is 3. The number of ether oxygens (including phenoxy) is 1. The summed E-state index contributed by atoms with van der Waals surface area (Å²) in [7, 11) is 0. The van der Waals surface area contributed by atoms with Gasteiger partial charge in [-0.15, -0.1) is 0 Å². The molecule has 0 spiro atoms. The van der Waals surface area contributed by atoms with E-state index in [1.807, 2.05) is 49.4 Å². The molecule has 2 aliphatic heterocycles. The predicted octanol–water partition coefficient (Wildman–Crippen LogP) is 2.42. The maximum Gasteiger partial charge on any atom is 0.253 e. The first-order valence-electron chi connectivity index (χ1n) is 10.7. The first kappa shape index (κ1) is 20.9. The van der Waals surface area contributed by atoms with Crippen LogP contribution in [0, 0.1) is 5.92 Å². The van der Waals surface area contributed by atoms with E-state index in [-0.39, 0.29) is 30.1 Å². The molecule has 2 heterocycles. The van der Waals surface area contributed by atoms with Crippen LogP contribution in [0.3, 0.4) is 0 Å². The lowest BCUT2D eigenvalue weighted by Gasteiger charge is -2.36. The lowest BCUT2D eigenvalue weighted by molar-refractivity contribution is -0.137. The number of hydrogen-bond acceptors (Lipinski definition) is 4. The summed E-state index contributed by atoms with van der Waals surface area (Å²) in [6.07, 6.45) is 0.217. The van der Waals surface area contributed by atoms with Crippen molar-refractivity contribution in [2.75, 3.05) is 44.2 Å². The normalized spacial score (nSPS) is 18.9.